The summed E-state index contributed by atoms with van der Waals surface area (Å²) in [6, 6.07) is 4.85. The van der Waals surface area contributed by atoms with Crippen molar-refractivity contribution in [2.75, 3.05) is 19.7 Å². The van der Waals surface area contributed by atoms with Gasteiger partial charge >= 0.3 is 0 Å². The molecule has 2 aromatic rings. The second-order valence-corrected chi connectivity index (χ2v) is 4.97. The van der Waals surface area contributed by atoms with E-state index in [1.54, 1.807) is 17.3 Å². The molecular formula is C15H14FN3O2. The van der Waals surface area contributed by atoms with Crippen LogP contribution < -0.4 is 4.74 Å². The second kappa shape index (κ2) is 5.87. The highest BCUT2D eigenvalue weighted by molar-refractivity contribution is 5.94. The van der Waals surface area contributed by atoms with Gasteiger partial charge in [-0.1, -0.05) is 0 Å². The van der Waals surface area contributed by atoms with Crippen LogP contribution in [-0.4, -0.2) is 40.5 Å². The quantitative estimate of drug-likeness (QED) is 0.860. The maximum Gasteiger partial charge on any atom is 0.255 e. The van der Waals surface area contributed by atoms with Gasteiger partial charge in [0.1, 0.15) is 11.6 Å². The second-order valence-electron chi connectivity index (χ2n) is 4.97. The number of likely N-dealkylation sites (tertiary alicyclic amines) is 1. The summed E-state index contributed by atoms with van der Waals surface area (Å²) < 4.78 is 18.6. The Morgan fingerprint density at radius 2 is 2.19 bits per heavy atom. The lowest BCUT2D eigenvalue weighted by molar-refractivity contribution is 0.0392. The molecule has 0 bridgehead atoms. The Morgan fingerprint density at radius 1 is 1.33 bits per heavy atom. The first-order valence-electron chi connectivity index (χ1n) is 6.65. The fraction of sp³-hybridized carbons (Fsp3) is 0.267. The highest BCUT2D eigenvalue weighted by Gasteiger charge is 2.31. The normalized spacial score (nSPS) is 14.6. The summed E-state index contributed by atoms with van der Waals surface area (Å²) in [4.78, 5) is 21.4. The molecule has 0 aromatic carbocycles. The van der Waals surface area contributed by atoms with Gasteiger partial charge in [-0.2, -0.15) is 0 Å². The van der Waals surface area contributed by atoms with E-state index < -0.39 is 5.82 Å². The Balaban J connectivity index is 1.48. The van der Waals surface area contributed by atoms with Gasteiger partial charge in [0, 0.05) is 31.4 Å². The van der Waals surface area contributed by atoms with Crippen molar-refractivity contribution in [2.24, 2.45) is 5.92 Å². The minimum atomic E-state index is -0.502. The fourth-order valence-corrected chi connectivity index (χ4v) is 2.20. The third kappa shape index (κ3) is 3.16. The fourth-order valence-electron chi connectivity index (χ4n) is 2.20. The lowest BCUT2D eigenvalue weighted by Crippen LogP contribution is -2.52. The highest BCUT2D eigenvalue weighted by atomic mass is 19.1. The van der Waals surface area contributed by atoms with Crippen LogP contribution in [0.25, 0.3) is 0 Å². The number of amides is 1. The highest BCUT2D eigenvalue weighted by Crippen LogP contribution is 2.20. The van der Waals surface area contributed by atoms with E-state index in [2.05, 4.69) is 9.97 Å². The summed E-state index contributed by atoms with van der Waals surface area (Å²) in [5.74, 6) is 0.310. The zero-order valence-electron chi connectivity index (χ0n) is 11.3. The van der Waals surface area contributed by atoms with E-state index in [0.717, 1.165) is 11.9 Å². The summed E-state index contributed by atoms with van der Waals surface area (Å²) in [5, 5.41) is 0. The summed E-state index contributed by atoms with van der Waals surface area (Å²) in [5.41, 5.74) is 0.279. The molecule has 2 aromatic heterocycles. The Bertz CT molecular complexity index is 630. The maximum atomic E-state index is 13.0. The molecule has 5 nitrogen and oxygen atoms in total. The Kier molecular flexibility index (Phi) is 3.77. The molecule has 6 heteroatoms. The van der Waals surface area contributed by atoms with Crippen molar-refractivity contribution in [3.05, 3.63) is 54.4 Å². The first-order valence-corrected chi connectivity index (χ1v) is 6.65. The first-order chi connectivity index (χ1) is 10.2. The Morgan fingerprint density at radius 3 is 2.90 bits per heavy atom. The van der Waals surface area contributed by atoms with Crippen LogP contribution in [0.5, 0.6) is 5.75 Å². The molecule has 0 atom stereocenters. The molecule has 3 heterocycles. The third-order valence-electron chi connectivity index (χ3n) is 3.32. The number of halogens is 1. The monoisotopic (exact) mass is 287 g/mol. The Labute approximate surface area is 121 Å². The standard InChI is InChI=1S/C15H14FN3O2/c16-13-4-12(5-18-6-13)15(20)19-8-11(9-19)10-21-14-2-1-3-17-7-14/h1-7,11H,8-10H2. The maximum absolute atomic E-state index is 13.0. The molecular weight excluding hydrogens is 273 g/mol. The van der Waals surface area contributed by atoms with E-state index >= 15 is 0 Å². The molecule has 21 heavy (non-hydrogen) atoms. The Hall–Kier alpha value is -2.50. The molecule has 1 saturated heterocycles. The minimum absolute atomic E-state index is 0.195. The van der Waals surface area contributed by atoms with Crippen molar-refractivity contribution in [1.82, 2.24) is 14.9 Å². The van der Waals surface area contributed by atoms with Crippen molar-refractivity contribution in [1.29, 1.82) is 0 Å². The van der Waals surface area contributed by atoms with E-state index in [1.807, 2.05) is 12.1 Å². The number of nitrogens with zero attached hydrogens (tertiary/aromatic N) is 3. The molecule has 0 spiro atoms. The molecule has 0 saturated carbocycles. The van der Waals surface area contributed by atoms with Gasteiger partial charge in [0.2, 0.25) is 0 Å². The van der Waals surface area contributed by atoms with Crippen LogP contribution >= 0.6 is 0 Å². The van der Waals surface area contributed by atoms with Crippen LogP contribution in [0.4, 0.5) is 4.39 Å². The van der Waals surface area contributed by atoms with Gasteiger partial charge in [0.05, 0.1) is 24.6 Å². The molecule has 1 amide bonds. The van der Waals surface area contributed by atoms with Crippen molar-refractivity contribution in [2.45, 2.75) is 0 Å². The number of ether oxygens (including phenoxy) is 1. The zero-order valence-corrected chi connectivity index (χ0v) is 11.3. The van der Waals surface area contributed by atoms with Gasteiger partial charge in [0.25, 0.3) is 5.91 Å². The van der Waals surface area contributed by atoms with Gasteiger partial charge in [0.15, 0.2) is 0 Å². The molecule has 1 aliphatic heterocycles. The summed E-state index contributed by atoms with van der Waals surface area (Å²) >= 11 is 0. The molecule has 3 rings (SSSR count). The van der Waals surface area contributed by atoms with Crippen LogP contribution in [-0.2, 0) is 0 Å². The first kappa shape index (κ1) is 13.5. The average molecular weight is 287 g/mol. The number of hydrogen-bond acceptors (Lipinski definition) is 4. The molecule has 1 fully saturated rings. The van der Waals surface area contributed by atoms with E-state index in [0.29, 0.717) is 19.7 Å². The zero-order chi connectivity index (χ0) is 14.7. The van der Waals surface area contributed by atoms with Crippen molar-refractivity contribution >= 4 is 5.91 Å². The van der Waals surface area contributed by atoms with Crippen molar-refractivity contribution < 1.29 is 13.9 Å². The predicted molar refractivity (Wildman–Crippen MR) is 73.3 cm³/mol. The lowest BCUT2D eigenvalue weighted by Gasteiger charge is -2.38. The van der Waals surface area contributed by atoms with Gasteiger partial charge in [-0.15, -0.1) is 0 Å². The van der Waals surface area contributed by atoms with Gasteiger partial charge in [-0.25, -0.2) is 4.39 Å². The van der Waals surface area contributed by atoms with E-state index in [1.165, 1.54) is 12.3 Å². The van der Waals surface area contributed by atoms with Crippen LogP contribution in [0.2, 0.25) is 0 Å². The van der Waals surface area contributed by atoms with E-state index in [4.69, 9.17) is 4.74 Å². The van der Waals surface area contributed by atoms with E-state index in [9.17, 15) is 9.18 Å². The number of aromatic nitrogens is 2. The number of pyridine rings is 2. The molecule has 0 aliphatic carbocycles. The van der Waals surface area contributed by atoms with Gasteiger partial charge < -0.3 is 9.64 Å². The molecule has 0 radical (unpaired) electrons. The SMILES string of the molecule is O=C(c1cncc(F)c1)N1CC(COc2cccnc2)C1. The average Bonchev–Trinajstić information content (AvgIpc) is 2.46. The number of carbonyl (C=O) groups is 1. The predicted octanol–water partition coefficient (Wildman–Crippen LogP) is 1.77. The van der Waals surface area contributed by atoms with Crippen molar-refractivity contribution in [3.63, 3.8) is 0 Å². The topological polar surface area (TPSA) is 55.3 Å². The number of hydrogen-bond donors (Lipinski definition) is 0. The largest absolute Gasteiger partial charge is 0.492 e. The van der Waals surface area contributed by atoms with Crippen LogP contribution in [0.1, 0.15) is 10.4 Å². The van der Waals surface area contributed by atoms with Crippen LogP contribution in [0.3, 0.4) is 0 Å². The smallest absolute Gasteiger partial charge is 0.255 e. The molecule has 0 N–H and O–H groups in total. The molecule has 1 aliphatic rings. The van der Waals surface area contributed by atoms with E-state index in [-0.39, 0.29) is 17.4 Å². The number of rotatable bonds is 4. The van der Waals surface area contributed by atoms with Crippen LogP contribution in [0.15, 0.2) is 43.0 Å². The summed E-state index contributed by atoms with van der Waals surface area (Å²) in [6.45, 7) is 1.75. The molecule has 0 unspecified atom stereocenters. The van der Waals surface area contributed by atoms with Crippen LogP contribution in [0, 0.1) is 11.7 Å². The van der Waals surface area contributed by atoms with Gasteiger partial charge in [-0.3, -0.25) is 14.8 Å². The molecule has 108 valence electrons. The van der Waals surface area contributed by atoms with Gasteiger partial charge in [-0.05, 0) is 18.2 Å². The van der Waals surface area contributed by atoms with Crippen molar-refractivity contribution in [3.8, 4) is 5.75 Å². The third-order valence-corrected chi connectivity index (χ3v) is 3.32. The minimum Gasteiger partial charge on any atom is -0.492 e. The lowest BCUT2D eigenvalue weighted by atomic mass is 10.00. The number of carbonyl (C=O) groups excluding carboxylic acids is 1. The summed E-state index contributed by atoms with van der Waals surface area (Å²) in [6.07, 6.45) is 5.80. The summed E-state index contributed by atoms with van der Waals surface area (Å²) in [7, 11) is 0.